The molecule has 12 nitrogen and oxygen atoms in total. The minimum atomic E-state index is -1.42. The number of aromatic nitrogens is 1. The largest absolute Gasteiger partial charge is 0.482 e. The fourth-order valence-corrected chi connectivity index (χ4v) is 9.82. The first kappa shape index (κ1) is 41.6. The number of ether oxygens (including phenoxy) is 4. The van der Waals surface area contributed by atoms with Crippen molar-refractivity contribution in [3.63, 3.8) is 0 Å². The topological polar surface area (TPSA) is 175 Å². The van der Waals surface area contributed by atoms with E-state index in [9.17, 15) is 29.5 Å². The lowest BCUT2D eigenvalue weighted by atomic mass is 9.42. The van der Waals surface area contributed by atoms with Crippen LogP contribution >= 0.6 is 0 Å². The number of benzene rings is 1. The highest BCUT2D eigenvalue weighted by Gasteiger charge is 2.71. The molecule has 3 aromatic rings. The number of nitriles is 1. The van der Waals surface area contributed by atoms with Gasteiger partial charge in [-0.3, -0.25) is 14.6 Å². The van der Waals surface area contributed by atoms with Crippen molar-refractivity contribution in [2.75, 3.05) is 6.61 Å². The zero-order valence-electron chi connectivity index (χ0n) is 33.6. The quantitative estimate of drug-likeness (QED) is 0.0948. The molecule has 304 valence electrons. The standard InChI is InChI=1S/C45H54N2O10/c1-6-8-10-14-36(48)53-27-44(4)33-24-35(56-41(51)29-18-16-28(25-46)17-19-29)45(5)40(43(33,3)21-20-34(44)55-37(49)15-11-9-7-2)39(50)38-32(57-45)23-31(54-42(38)52)30-13-12-22-47-26-30/h12-13,16-19,22-23,26,33-35,39-40,50H,6-11,14-15,20-21,24,27H2,1-5H3/t33-,34+,35+,39+,40-,43+,44+,45-/m1/s1. The van der Waals surface area contributed by atoms with Crippen LogP contribution in [0.25, 0.3) is 11.3 Å². The Kier molecular flexibility index (Phi) is 12.6. The number of aliphatic hydroxyl groups is 1. The predicted molar refractivity (Wildman–Crippen MR) is 209 cm³/mol. The summed E-state index contributed by atoms with van der Waals surface area (Å²) in [7, 11) is 0. The molecule has 0 saturated heterocycles. The van der Waals surface area contributed by atoms with Crippen LogP contribution in [0.5, 0.6) is 5.75 Å². The van der Waals surface area contributed by atoms with E-state index in [1.54, 1.807) is 37.5 Å². The lowest BCUT2D eigenvalue weighted by molar-refractivity contribution is -0.267. The maximum Gasteiger partial charge on any atom is 0.345 e. The van der Waals surface area contributed by atoms with E-state index >= 15 is 0 Å². The molecule has 57 heavy (non-hydrogen) atoms. The molecule has 3 heterocycles. The Morgan fingerprint density at radius 1 is 0.965 bits per heavy atom. The van der Waals surface area contributed by atoms with Gasteiger partial charge >= 0.3 is 23.5 Å². The summed E-state index contributed by atoms with van der Waals surface area (Å²) in [6, 6.07) is 13.2. The number of esters is 3. The van der Waals surface area contributed by atoms with Crippen molar-refractivity contribution in [1.82, 2.24) is 4.98 Å². The summed E-state index contributed by atoms with van der Waals surface area (Å²) in [5.41, 5.74) is -2.90. The lowest BCUT2D eigenvalue weighted by Crippen LogP contribution is -2.71. The summed E-state index contributed by atoms with van der Waals surface area (Å²) in [5, 5.41) is 21.9. The van der Waals surface area contributed by atoms with Crippen molar-refractivity contribution in [2.45, 2.75) is 129 Å². The second-order valence-electron chi connectivity index (χ2n) is 16.6. The van der Waals surface area contributed by atoms with Crippen LogP contribution in [0.2, 0.25) is 0 Å². The highest BCUT2D eigenvalue weighted by Crippen LogP contribution is 2.67. The van der Waals surface area contributed by atoms with Crippen LogP contribution in [0.4, 0.5) is 0 Å². The molecule has 0 unspecified atom stereocenters. The Morgan fingerprint density at radius 2 is 1.67 bits per heavy atom. The Hall–Kier alpha value is -5.02. The number of aliphatic hydroxyl groups excluding tert-OH is 1. The highest BCUT2D eigenvalue weighted by atomic mass is 16.6. The number of carbonyl (C=O) groups excluding carboxylic acids is 3. The van der Waals surface area contributed by atoms with Crippen molar-refractivity contribution in [1.29, 1.82) is 5.26 Å². The fourth-order valence-electron chi connectivity index (χ4n) is 9.82. The summed E-state index contributed by atoms with van der Waals surface area (Å²) in [6.45, 7) is 9.82. The molecule has 3 aliphatic rings. The van der Waals surface area contributed by atoms with Gasteiger partial charge in [0, 0.05) is 48.2 Å². The van der Waals surface area contributed by atoms with E-state index in [0.717, 1.165) is 25.7 Å². The summed E-state index contributed by atoms with van der Waals surface area (Å²) in [4.78, 5) is 58.5. The first-order valence-corrected chi connectivity index (χ1v) is 20.3. The van der Waals surface area contributed by atoms with Crippen molar-refractivity contribution >= 4 is 17.9 Å². The SMILES string of the molecule is CCCCCC(=O)OC[C@@]1(C)[C@@H]2C[C@H](OC(=O)c3ccc(C#N)cc3)[C@@]3(C)Oc4cc(-c5cccnc5)oc(=O)c4[C@H](O)[C@@H]3[C@@]2(C)CC[C@@H]1OC(=O)CCCCC. The van der Waals surface area contributed by atoms with E-state index in [4.69, 9.17) is 23.4 Å². The molecule has 2 aliphatic carbocycles. The average molecular weight is 783 g/mol. The summed E-state index contributed by atoms with van der Waals surface area (Å²) < 4.78 is 31.4. The number of nitrogens with zero attached hydrogens (tertiary/aromatic N) is 2. The van der Waals surface area contributed by atoms with Gasteiger partial charge in [-0.15, -0.1) is 0 Å². The summed E-state index contributed by atoms with van der Waals surface area (Å²) in [6.07, 6.45) is 6.64. The molecule has 0 spiro atoms. The third-order valence-corrected chi connectivity index (χ3v) is 12.8. The van der Waals surface area contributed by atoms with E-state index in [0.29, 0.717) is 36.8 Å². The summed E-state index contributed by atoms with van der Waals surface area (Å²) >= 11 is 0. The number of fused-ring (bicyclic) bond motifs is 4. The van der Waals surface area contributed by atoms with Crippen molar-refractivity contribution < 1.29 is 42.9 Å². The molecule has 2 fully saturated rings. The van der Waals surface area contributed by atoms with Gasteiger partial charge in [-0.25, -0.2) is 9.59 Å². The molecule has 1 N–H and O–H groups in total. The number of rotatable bonds is 14. The van der Waals surface area contributed by atoms with Gasteiger partial charge < -0.3 is 28.5 Å². The number of unbranched alkanes of at least 4 members (excludes halogenated alkanes) is 4. The average Bonchev–Trinajstić information content (AvgIpc) is 3.19. The van der Waals surface area contributed by atoms with Gasteiger partial charge in [0.15, 0.2) is 0 Å². The third kappa shape index (κ3) is 8.22. The van der Waals surface area contributed by atoms with Gasteiger partial charge in [0.05, 0.1) is 23.3 Å². The Balaban J connectivity index is 1.44. The van der Waals surface area contributed by atoms with Gasteiger partial charge in [-0.1, -0.05) is 53.4 Å². The molecule has 2 aromatic heterocycles. The van der Waals surface area contributed by atoms with Crippen LogP contribution in [0.3, 0.4) is 0 Å². The van der Waals surface area contributed by atoms with E-state index in [-0.39, 0.29) is 60.4 Å². The van der Waals surface area contributed by atoms with Crippen LogP contribution in [-0.2, 0) is 23.8 Å². The van der Waals surface area contributed by atoms with E-state index in [1.807, 2.05) is 13.8 Å². The molecule has 0 amide bonds. The fraction of sp³-hybridized carbons (Fsp3) is 0.556. The summed E-state index contributed by atoms with van der Waals surface area (Å²) in [5.74, 6) is -2.38. The number of hydrogen-bond donors (Lipinski definition) is 1. The first-order chi connectivity index (χ1) is 27.3. The van der Waals surface area contributed by atoms with Crippen molar-refractivity contribution in [2.24, 2.45) is 22.7 Å². The molecule has 6 rings (SSSR count). The van der Waals surface area contributed by atoms with Crippen LogP contribution in [0.15, 0.2) is 64.1 Å². The highest BCUT2D eigenvalue weighted by molar-refractivity contribution is 5.89. The molecule has 0 radical (unpaired) electrons. The first-order valence-electron chi connectivity index (χ1n) is 20.3. The zero-order chi connectivity index (χ0) is 41.0. The third-order valence-electron chi connectivity index (χ3n) is 12.8. The van der Waals surface area contributed by atoms with Gasteiger partial charge in [0.25, 0.3) is 0 Å². The second kappa shape index (κ2) is 17.2. The molecule has 1 aliphatic heterocycles. The van der Waals surface area contributed by atoms with Crippen molar-refractivity contribution in [3.8, 4) is 23.1 Å². The Bertz CT molecular complexity index is 2030. The maximum absolute atomic E-state index is 14.0. The normalized spacial score (nSPS) is 28.7. The smallest absolute Gasteiger partial charge is 0.345 e. The monoisotopic (exact) mass is 782 g/mol. The predicted octanol–water partition coefficient (Wildman–Crippen LogP) is 8.04. The minimum Gasteiger partial charge on any atom is -0.482 e. The van der Waals surface area contributed by atoms with E-state index in [2.05, 4.69) is 24.9 Å². The van der Waals surface area contributed by atoms with Crippen molar-refractivity contribution in [3.05, 3.63) is 82.0 Å². The Labute approximate surface area is 333 Å². The molecule has 8 atom stereocenters. The van der Waals surface area contributed by atoms with Crippen LogP contribution in [0.1, 0.15) is 133 Å². The van der Waals surface area contributed by atoms with Gasteiger partial charge in [-0.05, 0) is 86.8 Å². The second-order valence-corrected chi connectivity index (χ2v) is 16.6. The molecule has 1 aromatic carbocycles. The van der Waals surface area contributed by atoms with E-state index in [1.165, 1.54) is 24.3 Å². The Morgan fingerprint density at radius 3 is 2.32 bits per heavy atom. The number of carbonyl (C=O) groups is 3. The molecular formula is C45H54N2O10. The molecule has 2 saturated carbocycles. The van der Waals surface area contributed by atoms with Crippen LogP contribution in [0, 0.1) is 34.0 Å². The molecule has 0 bridgehead atoms. The van der Waals surface area contributed by atoms with E-state index < -0.39 is 58.2 Å². The van der Waals surface area contributed by atoms with Gasteiger partial charge in [0.2, 0.25) is 0 Å². The number of hydrogen-bond acceptors (Lipinski definition) is 12. The minimum absolute atomic E-state index is 0.0438. The lowest BCUT2D eigenvalue weighted by Gasteiger charge is -2.66. The molecule has 12 heteroatoms. The van der Waals surface area contributed by atoms with Gasteiger partial charge in [-0.2, -0.15) is 5.26 Å². The van der Waals surface area contributed by atoms with Crippen LogP contribution < -0.4 is 10.4 Å². The van der Waals surface area contributed by atoms with Crippen LogP contribution in [-0.4, -0.2) is 52.4 Å². The molecular weight excluding hydrogens is 728 g/mol. The maximum atomic E-state index is 14.0. The number of pyridine rings is 1. The van der Waals surface area contributed by atoms with Gasteiger partial charge in [0.1, 0.15) is 41.5 Å². The zero-order valence-corrected chi connectivity index (χ0v) is 33.6.